The zero-order chi connectivity index (χ0) is 13.2. The number of ether oxygens (including phenoxy) is 1. The standard InChI is InChI=1S/C12H17N5O2/c13-10-5-14-6-11(16-10)17-3-4-19-7-9(17)12(18)15-8-1-2-8/h5-6,8-9H,1-4,7H2,(H2,13,16)(H,15,18). The zero-order valence-corrected chi connectivity index (χ0v) is 10.6. The summed E-state index contributed by atoms with van der Waals surface area (Å²) in [6.45, 7) is 1.56. The Labute approximate surface area is 111 Å². The largest absolute Gasteiger partial charge is 0.382 e. The summed E-state index contributed by atoms with van der Waals surface area (Å²) >= 11 is 0. The molecule has 1 saturated heterocycles. The fourth-order valence-electron chi connectivity index (χ4n) is 2.13. The highest BCUT2D eigenvalue weighted by molar-refractivity contribution is 5.85. The molecule has 102 valence electrons. The van der Waals surface area contributed by atoms with Crippen molar-refractivity contribution in [1.29, 1.82) is 0 Å². The number of hydrogen-bond donors (Lipinski definition) is 2. The van der Waals surface area contributed by atoms with Crippen molar-refractivity contribution in [2.45, 2.75) is 24.9 Å². The number of carbonyl (C=O) groups is 1. The third-order valence-electron chi connectivity index (χ3n) is 3.29. The van der Waals surface area contributed by atoms with Crippen LogP contribution in [-0.4, -0.2) is 47.7 Å². The highest BCUT2D eigenvalue weighted by Crippen LogP contribution is 2.21. The number of anilines is 2. The SMILES string of the molecule is Nc1cncc(N2CCOCC2C(=O)NC2CC2)n1. The Kier molecular flexibility index (Phi) is 3.20. The highest BCUT2D eigenvalue weighted by Gasteiger charge is 2.33. The molecule has 1 unspecified atom stereocenters. The number of nitrogens with two attached hydrogens (primary N) is 1. The van der Waals surface area contributed by atoms with Crippen molar-refractivity contribution in [2.75, 3.05) is 30.4 Å². The lowest BCUT2D eigenvalue weighted by Gasteiger charge is -2.35. The van der Waals surface area contributed by atoms with Crippen molar-refractivity contribution >= 4 is 17.5 Å². The van der Waals surface area contributed by atoms with Crippen molar-refractivity contribution in [1.82, 2.24) is 15.3 Å². The van der Waals surface area contributed by atoms with E-state index in [-0.39, 0.29) is 11.9 Å². The minimum absolute atomic E-state index is 0.00794. The average Bonchev–Trinajstić information content (AvgIpc) is 3.23. The number of rotatable bonds is 3. The normalized spacial score (nSPS) is 23.2. The average molecular weight is 263 g/mol. The van der Waals surface area contributed by atoms with Crippen LogP contribution in [-0.2, 0) is 9.53 Å². The van der Waals surface area contributed by atoms with Gasteiger partial charge in [-0.2, -0.15) is 0 Å². The summed E-state index contributed by atoms with van der Waals surface area (Å²) < 4.78 is 5.41. The molecule has 19 heavy (non-hydrogen) atoms. The van der Waals surface area contributed by atoms with Crippen molar-refractivity contribution < 1.29 is 9.53 Å². The number of hydrogen-bond acceptors (Lipinski definition) is 6. The molecule has 1 amide bonds. The lowest BCUT2D eigenvalue weighted by atomic mass is 10.2. The van der Waals surface area contributed by atoms with Crippen LogP contribution in [0, 0.1) is 0 Å². The topological polar surface area (TPSA) is 93.4 Å². The number of nitrogens with one attached hydrogen (secondary N) is 1. The van der Waals surface area contributed by atoms with E-state index in [2.05, 4.69) is 15.3 Å². The van der Waals surface area contributed by atoms with Crippen LogP contribution in [0.5, 0.6) is 0 Å². The third-order valence-corrected chi connectivity index (χ3v) is 3.29. The Bertz CT molecular complexity index is 477. The van der Waals surface area contributed by atoms with Gasteiger partial charge in [-0.1, -0.05) is 0 Å². The molecule has 2 fully saturated rings. The maximum absolute atomic E-state index is 12.2. The smallest absolute Gasteiger partial charge is 0.245 e. The second-order valence-corrected chi connectivity index (χ2v) is 4.87. The maximum atomic E-state index is 12.2. The quantitative estimate of drug-likeness (QED) is 0.766. The molecule has 7 heteroatoms. The van der Waals surface area contributed by atoms with E-state index >= 15 is 0 Å². The molecule has 3 N–H and O–H groups in total. The summed E-state index contributed by atoms with van der Waals surface area (Å²) in [4.78, 5) is 22.4. The fourth-order valence-corrected chi connectivity index (χ4v) is 2.13. The van der Waals surface area contributed by atoms with Crippen LogP contribution in [0.2, 0.25) is 0 Å². The van der Waals surface area contributed by atoms with E-state index in [0.717, 1.165) is 12.8 Å². The van der Waals surface area contributed by atoms with Crippen molar-refractivity contribution in [3.8, 4) is 0 Å². The van der Waals surface area contributed by atoms with E-state index in [1.54, 1.807) is 6.20 Å². The van der Waals surface area contributed by atoms with Crippen LogP contribution in [0.3, 0.4) is 0 Å². The molecule has 1 saturated carbocycles. The molecule has 1 atom stereocenters. The van der Waals surface area contributed by atoms with Crippen LogP contribution in [0.1, 0.15) is 12.8 Å². The highest BCUT2D eigenvalue weighted by atomic mass is 16.5. The van der Waals surface area contributed by atoms with E-state index in [1.165, 1.54) is 6.20 Å². The Hall–Kier alpha value is -1.89. The molecule has 1 aliphatic carbocycles. The van der Waals surface area contributed by atoms with Gasteiger partial charge in [0.25, 0.3) is 0 Å². The second kappa shape index (κ2) is 5.00. The van der Waals surface area contributed by atoms with Gasteiger partial charge in [-0.25, -0.2) is 4.98 Å². The monoisotopic (exact) mass is 263 g/mol. The first-order valence-corrected chi connectivity index (χ1v) is 6.46. The molecule has 0 bridgehead atoms. The van der Waals surface area contributed by atoms with Crippen LogP contribution in [0.15, 0.2) is 12.4 Å². The van der Waals surface area contributed by atoms with Gasteiger partial charge in [0.2, 0.25) is 5.91 Å². The van der Waals surface area contributed by atoms with Gasteiger partial charge in [-0.15, -0.1) is 0 Å². The molecule has 0 aromatic carbocycles. The summed E-state index contributed by atoms with van der Waals surface area (Å²) in [6.07, 6.45) is 5.25. The Morgan fingerprint density at radius 2 is 2.32 bits per heavy atom. The number of nitrogen functional groups attached to an aromatic ring is 1. The van der Waals surface area contributed by atoms with Crippen molar-refractivity contribution in [2.24, 2.45) is 0 Å². The van der Waals surface area contributed by atoms with E-state index in [1.807, 2.05) is 4.90 Å². The lowest BCUT2D eigenvalue weighted by Crippen LogP contribution is -2.54. The van der Waals surface area contributed by atoms with Crippen LogP contribution in [0.4, 0.5) is 11.6 Å². The molecular formula is C12H17N5O2. The molecule has 7 nitrogen and oxygen atoms in total. The number of carbonyl (C=O) groups excluding carboxylic acids is 1. The molecule has 1 aliphatic heterocycles. The van der Waals surface area contributed by atoms with Gasteiger partial charge in [-0.3, -0.25) is 9.78 Å². The number of aromatic nitrogens is 2. The number of amides is 1. The Balaban J connectivity index is 1.77. The predicted molar refractivity (Wildman–Crippen MR) is 69.6 cm³/mol. The Morgan fingerprint density at radius 1 is 1.47 bits per heavy atom. The van der Waals surface area contributed by atoms with E-state index < -0.39 is 0 Å². The Morgan fingerprint density at radius 3 is 3.05 bits per heavy atom. The lowest BCUT2D eigenvalue weighted by molar-refractivity contribution is -0.124. The van der Waals surface area contributed by atoms with Crippen LogP contribution in [0.25, 0.3) is 0 Å². The number of nitrogens with zero attached hydrogens (tertiary/aromatic N) is 3. The molecular weight excluding hydrogens is 246 g/mol. The van der Waals surface area contributed by atoms with Crippen LogP contribution >= 0.6 is 0 Å². The van der Waals surface area contributed by atoms with Crippen molar-refractivity contribution in [3.05, 3.63) is 12.4 Å². The van der Waals surface area contributed by atoms with E-state index in [9.17, 15) is 4.79 Å². The van der Waals surface area contributed by atoms with Gasteiger partial charge >= 0.3 is 0 Å². The van der Waals surface area contributed by atoms with E-state index in [0.29, 0.717) is 37.4 Å². The first-order chi connectivity index (χ1) is 9.24. The van der Waals surface area contributed by atoms with Gasteiger partial charge in [-0.05, 0) is 12.8 Å². The summed E-state index contributed by atoms with van der Waals surface area (Å²) in [7, 11) is 0. The first-order valence-electron chi connectivity index (χ1n) is 6.46. The molecule has 0 spiro atoms. The van der Waals surface area contributed by atoms with Gasteiger partial charge in [0.15, 0.2) is 0 Å². The fraction of sp³-hybridized carbons (Fsp3) is 0.583. The third kappa shape index (κ3) is 2.76. The molecule has 2 aliphatic rings. The first kappa shape index (κ1) is 12.2. The number of morpholine rings is 1. The van der Waals surface area contributed by atoms with Crippen molar-refractivity contribution in [3.63, 3.8) is 0 Å². The molecule has 0 radical (unpaired) electrons. The minimum Gasteiger partial charge on any atom is -0.382 e. The van der Waals surface area contributed by atoms with Gasteiger partial charge < -0.3 is 20.7 Å². The summed E-state index contributed by atoms with van der Waals surface area (Å²) in [5.74, 6) is 0.969. The summed E-state index contributed by atoms with van der Waals surface area (Å²) in [6, 6.07) is -0.0198. The van der Waals surface area contributed by atoms with Gasteiger partial charge in [0, 0.05) is 12.6 Å². The van der Waals surface area contributed by atoms with Gasteiger partial charge in [0.05, 0.1) is 25.6 Å². The molecule has 1 aromatic heterocycles. The van der Waals surface area contributed by atoms with Crippen LogP contribution < -0.4 is 16.0 Å². The summed E-state index contributed by atoms with van der Waals surface area (Å²) in [5, 5.41) is 3.00. The zero-order valence-electron chi connectivity index (χ0n) is 10.6. The summed E-state index contributed by atoms with van der Waals surface area (Å²) in [5.41, 5.74) is 5.65. The second-order valence-electron chi connectivity index (χ2n) is 4.87. The van der Waals surface area contributed by atoms with E-state index in [4.69, 9.17) is 10.5 Å². The predicted octanol–water partition coefficient (Wildman–Crippen LogP) is -0.457. The molecule has 3 rings (SSSR count). The minimum atomic E-state index is -0.356. The van der Waals surface area contributed by atoms with Gasteiger partial charge in [0.1, 0.15) is 17.7 Å². The molecule has 1 aromatic rings. The molecule has 2 heterocycles. The maximum Gasteiger partial charge on any atom is 0.245 e.